The summed E-state index contributed by atoms with van der Waals surface area (Å²) in [4.78, 5) is 4.21. The first-order valence-corrected chi connectivity index (χ1v) is 5.78. The van der Waals surface area contributed by atoms with E-state index in [0.717, 1.165) is 5.69 Å². The molecule has 0 aliphatic heterocycles. The number of rotatable bonds is 3. The topological polar surface area (TPSA) is 68.8 Å². The molecule has 0 radical (unpaired) electrons. The molecule has 1 saturated carbocycles. The molecule has 1 aromatic heterocycles. The molecule has 17 heavy (non-hydrogen) atoms. The van der Waals surface area contributed by atoms with Crippen LogP contribution in [0.2, 0.25) is 0 Å². The van der Waals surface area contributed by atoms with Crippen molar-refractivity contribution in [1.29, 1.82) is 0 Å². The second-order valence-corrected chi connectivity index (χ2v) is 4.46. The predicted molar refractivity (Wildman–Crippen MR) is 67.2 cm³/mol. The van der Waals surface area contributed by atoms with Gasteiger partial charge >= 0.3 is 0 Å². The Bertz CT molecular complexity index is 524. The molecule has 0 unspecified atom stereocenters. The van der Waals surface area contributed by atoms with Gasteiger partial charge < -0.3 is 11.1 Å². The Labute approximate surface area is 99.7 Å². The van der Waals surface area contributed by atoms with E-state index in [1.54, 1.807) is 4.68 Å². The summed E-state index contributed by atoms with van der Waals surface area (Å²) in [7, 11) is 0. The first-order chi connectivity index (χ1) is 8.22. The molecule has 88 valence electrons. The number of benzene rings is 1. The number of aromatic nitrogens is 3. The average Bonchev–Trinajstić information content (AvgIpc) is 3.03. The van der Waals surface area contributed by atoms with E-state index >= 15 is 0 Å². The van der Waals surface area contributed by atoms with Crippen LogP contribution in [-0.4, -0.2) is 20.8 Å². The highest BCUT2D eigenvalue weighted by molar-refractivity contribution is 5.43. The predicted octanol–water partition coefficient (Wildman–Crippen LogP) is 1.73. The summed E-state index contributed by atoms with van der Waals surface area (Å²) >= 11 is 0. The Morgan fingerprint density at radius 2 is 2.00 bits per heavy atom. The van der Waals surface area contributed by atoms with Gasteiger partial charge in [0.2, 0.25) is 11.9 Å². The van der Waals surface area contributed by atoms with Crippen molar-refractivity contribution >= 4 is 11.9 Å². The minimum Gasteiger partial charge on any atom is -0.368 e. The minimum atomic E-state index is 0.414. The van der Waals surface area contributed by atoms with E-state index in [1.165, 1.54) is 18.4 Å². The van der Waals surface area contributed by atoms with Gasteiger partial charge in [0.15, 0.2) is 0 Å². The van der Waals surface area contributed by atoms with Gasteiger partial charge in [-0.1, -0.05) is 17.7 Å². The second-order valence-electron chi connectivity index (χ2n) is 4.46. The van der Waals surface area contributed by atoms with Crippen LogP contribution in [0.5, 0.6) is 0 Å². The normalized spacial score (nSPS) is 14.9. The highest BCUT2D eigenvalue weighted by atomic mass is 15.4. The lowest BCUT2D eigenvalue weighted by atomic mass is 10.2. The van der Waals surface area contributed by atoms with Crippen LogP contribution in [0.25, 0.3) is 5.69 Å². The van der Waals surface area contributed by atoms with E-state index in [9.17, 15) is 0 Å². The summed E-state index contributed by atoms with van der Waals surface area (Å²) in [5.74, 6) is 1.03. The van der Waals surface area contributed by atoms with Crippen molar-refractivity contribution in [3.63, 3.8) is 0 Å². The van der Waals surface area contributed by atoms with Crippen LogP contribution < -0.4 is 11.1 Å². The van der Waals surface area contributed by atoms with E-state index in [4.69, 9.17) is 5.73 Å². The van der Waals surface area contributed by atoms with Crippen molar-refractivity contribution in [1.82, 2.24) is 14.8 Å². The fourth-order valence-corrected chi connectivity index (χ4v) is 1.67. The molecule has 1 aliphatic carbocycles. The van der Waals surface area contributed by atoms with Crippen molar-refractivity contribution in [2.24, 2.45) is 0 Å². The quantitative estimate of drug-likeness (QED) is 0.841. The largest absolute Gasteiger partial charge is 0.368 e. The molecule has 5 heteroatoms. The molecular formula is C12H15N5. The number of aryl methyl sites for hydroxylation is 1. The van der Waals surface area contributed by atoms with Gasteiger partial charge in [-0.3, -0.25) is 0 Å². The number of anilines is 2. The molecule has 0 atom stereocenters. The zero-order valence-corrected chi connectivity index (χ0v) is 9.72. The SMILES string of the molecule is Cc1ccc(-n2nc(NC3CC3)nc2N)cc1. The van der Waals surface area contributed by atoms with Crippen molar-refractivity contribution in [2.75, 3.05) is 11.1 Å². The van der Waals surface area contributed by atoms with Crippen LogP contribution in [0, 0.1) is 6.92 Å². The van der Waals surface area contributed by atoms with E-state index in [-0.39, 0.29) is 0 Å². The van der Waals surface area contributed by atoms with Crippen LogP contribution in [0.4, 0.5) is 11.9 Å². The zero-order chi connectivity index (χ0) is 11.8. The first kappa shape index (κ1) is 10.1. The Morgan fingerprint density at radius 1 is 1.29 bits per heavy atom. The third-order valence-electron chi connectivity index (χ3n) is 2.82. The maximum absolute atomic E-state index is 5.86. The third-order valence-corrected chi connectivity index (χ3v) is 2.82. The number of hydrogen-bond acceptors (Lipinski definition) is 4. The van der Waals surface area contributed by atoms with Gasteiger partial charge in [-0.05, 0) is 31.9 Å². The van der Waals surface area contributed by atoms with Crippen LogP contribution >= 0.6 is 0 Å². The van der Waals surface area contributed by atoms with Crippen molar-refractivity contribution < 1.29 is 0 Å². The first-order valence-electron chi connectivity index (χ1n) is 5.78. The average molecular weight is 229 g/mol. The summed E-state index contributed by atoms with van der Waals surface area (Å²) < 4.78 is 1.66. The standard InChI is InChI=1S/C12H15N5/c1-8-2-6-10(7-3-8)17-11(13)15-12(16-17)14-9-4-5-9/h2-3,6-7,9H,4-5H2,1H3,(H3,13,14,15,16). The molecular weight excluding hydrogens is 214 g/mol. The maximum atomic E-state index is 5.86. The summed E-state index contributed by atoms with van der Waals surface area (Å²) in [5, 5.41) is 7.59. The Kier molecular flexibility index (Phi) is 2.24. The van der Waals surface area contributed by atoms with Crippen LogP contribution in [0.3, 0.4) is 0 Å². The summed E-state index contributed by atoms with van der Waals surface area (Å²) in [6.07, 6.45) is 2.39. The molecule has 0 bridgehead atoms. The van der Waals surface area contributed by atoms with Gasteiger partial charge in [0.1, 0.15) is 0 Å². The fourth-order valence-electron chi connectivity index (χ4n) is 1.67. The molecule has 1 aliphatic rings. The molecule has 1 heterocycles. The highest BCUT2D eigenvalue weighted by Gasteiger charge is 2.23. The van der Waals surface area contributed by atoms with Crippen molar-refractivity contribution in [3.05, 3.63) is 29.8 Å². The Hall–Kier alpha value is -2.04. The number of hydrogen-bond donors (Lipinski definition) is 2. The van der Waals surface area contributed by atoms with Crippen LogP contribution in [0.15, 0.2) is 24.3 Å². The maximum Gasteiger partial charge on any atom is 0.244 e. The minimum absolute atomic E-state index is 0.414. The van der Waals surface area contributed by atoms with Gasteiger partial charge in [0.25, 0.3) is 0 Å². The lowest BCUT2D eigenvalue weighted by Gasteiger charge is -2.02. The van der Waals surface area contributed by atoms with Gasteiger partial charge in [-0.15, -0.1) is 5.10 Å². The van der Waals surface area contributed by atoms with Crippen molar-refractivity contribution in [2.45, 2.75) is 25.8 Å². The van der Waals surface area contributed by atoms with Crippen molar-refractivity contribution in [3.8, 4) is 5.69 Å². The molecule has 0 spiro atoms. The number of nitrogens with zero attached hydrogens (tertiary/aromatic N) is 3. The molecule has 5 nitrogen and oxygen atoms in total. The van der Waals surface area contributed by atoms with Crippen LogP contribution in [0.1, 0.15) is 18.4 Å². The van der Waals surface area contributed by atoms with Gasteiger partial charge in [0.05, 0.1) is 5.69 Å². The summed E-state index contributed by atoms with van der Waals surface area (Å²) in [6, 6.07) is 8.57. The van der Waals surface area contributed by atoms with Gasteiger partial charge in [-0.2, -0.15) is 9.67 Å². The highest BCUT2D eigenvalue weighted by Crippen LogP contribution is 2.24. The van der Waals surface area contributed by atoms with E-state index in [2.05, 4.69) is 22.3 Å². The number of nitrogens with two attached hydrogens (primary N) is 1. The summed E-state index contributed by atoms with van der Waals surface area (Å²) in [6.45, 7) is 2.05. The molecule has 1 fully saturated rings. The molecule has 0 saturated heterocycles. The summed E-state index contributed by atoms with van der Waals surface area (Å²) in [5.41, 5.74) is 8.00. The number of nitrogen functional groups attached to an aromatic ring is 1. The van der Waals surface area contributed by atoms with Crippen LogP contribution in [-0.2, 0) is 0 Å². The lowest BCUT2D eigenvalue weighted by Crippen LogP contribution is -2.04. The molecule has 0 amide bonds. The molecule has 2 aromatic rings. The molecule has 1 aromatic carbocycles. The number of nitrogens with one attached hydrogen (secondary N) is 1. The molecule has 3 N–H and O–H groups in total. The van der Waals surface area contributed by atoms with Gasteiger partial charge in [0, 0.05) is 6.04 Å². The second kappa shape index (κ2) is 3.76. The third kappa shape index (κ3) is 2.08. The smallest absolute Gasteiger partial charge is 0.244 e. The fraction of sp³-hybridized carbons (Fsp3) is 0.333. The Balaban J connectivity index is 1.90. The monoisotopic (exact) mass is 229 g/mol. The Morgan fingerprint density at radius 3 is 2.65 bits per heavy atom. The lowest BCUT2D eigenvalue weighted by molar-refractivity contribution is 0.886. The molecule has 3 rings (SSSR count). The van der Waals surface area contributed by atoms with E-state index < -0.39 is 0 Å². The zero-order valence-electron chi connectivity index (χ0n) is 9.72. The van der Waals surface area contributed by atoms with E-state index in [0.29, 0.717) is 17.9 Å². The van der Waals surface area contributed by atoms with Gasteiger partial charge in [-0.25, -0.2) is 0 Å². The van der Waals surface area contributed by atoms with E-state index in [1.807, 2.05) is 24.3 Å².